The number of esters is 1. The minimum atomic E-state index is -0.556. The van der Waals surface area contributed by atoms with Gasteiger partial charge in [-0.15, -0.1) is 0 Å². The minimum Gasteiger partial charge on any atom is -0.462 e. The first kappa shape index (κ1) is 23.5. The molecule has 0 saturated heterocycles. The fourth-order valence-electron chi connectivity index (χ4n) is 2.74. The lowest BCUT2D eigenvalue weighted by atomic mass is 10.00. The number of carbonyl (C=O) groups excluding carboxylic acids is 2. The highest BCUT2D eigenvalue weighted by atomic mass is 16.5. The van der Waals surface area contributed by atoms with Crippen LogP contribution < -0.4 is 11.1 Å². The maximum absolute atomic E-state index is 12.0. The summed E-state index contributed by atoms with van der Waals surface area (Å²) in [4.78, 5) is 23.8. The van der Waals surface area contributed by atoms with E-state index in [1.54, 1.807) is 23.7 Å². The van der Waals surface area contributed by atoms with Gasteiger partial charge in [-0.2, -0.15) is 5.10 Å². The van der Waals surface area contributed by atoms with Gasteiger partial charge in [0, 0.05) is 12.2 Å². The number of nitrogens with two attached hydrogens (primary N) is 1. The van der Waals surface area contributed by atoms with Crippen molar-refractivity contribution in [2.24, 2.45) is 11.1 Å². The summed E-state index contributed by atoms with van der Waals surface area (Å²) in [5.74, 6) is -0.976. The number of primary amides is 1. The topological polar surface area (TPSA) is 98.7 Å². The molecule has 0 spiro atoms. The SMILES string of the molecule is CC.CC.CCOC(=O)c1cc2c(N[C@H](C)C3(C)CC3)c(C(N)=O)cnn2c1. The number of hydrogen-bond donors (Lipinski definition) is 2. The molecular formula is C21H34N4O3. The zero-order valence-corrected chi connectivity index (χ0v) is 18.1. The normalized spacial score (nSPS) is 14.7. The fraction of sp³-hybridized carbons (Fsp3) is 0.571. The van der Waals surface area contributed by atoms with Gasteiger partial charge in [0.2, 0.25) is 0 Å². The summed E-state index contributed by atoms with van der Waals surface area (Å²) < 4.78 is 6.59. The number of amides is 1. The second-order valence-corrected chi connectivity index (χ2v) is 6.60. The van der Waals surface area contributed by atoms with Gasteiger partial charge in [-0.1, -0.05) is 34.6 Å². The van der Waals surface area contributed by atoms with Crippen molar-refractivity contribution in [1.29, 1.82) is 0 Å². The van der Waals surface area contributed by atoms with Crippen molar-refractivity contribution < 1.29 is 14.3 Å². The number of anilines is 1. The van der Waals surface area contributed by atoms with Crippen molar-refractivity contribution in [2.45, 2.75) is 67.3 Å². The average molecular weight is 391 g/mol. The molecule has 0 radical (unpaired) electrons. The Kier molecular flexibility index (Phi) is 8.47. The summed E-state index contributed by atoms with van der Waals surface area (Å²) in [5.41, 5.74) is 7.65. The number of nitrogens with one attached hydrogen (secondary N) is 1. The number of hydrogen-bond acceptors (Lipinski definition) is 5. The second kappa shape index (κ2) is 10.1. The van der Waals surface area contributed by atoms with E-state index in [4.69, 9.17) is 10.5 Å². The molecule has 1 amide bonds. The third-order valence-corrected chi connectivity index (χ3v) is 4.86. The molecule has 3 rings (SSSR count). The molecule has 7 nitrogen and oxygen atoms in total. The first-order valence-corrected chi connectivity index (χ1v) is 10.1. The van der Waals surface area contributed by atoms with Crippen LogP contribution in [-0.4, -0.2) is 34.1 Å². The Morgan fingerprint density at radius 3 is 2.43 bits per heavy atom. The molecule has 0 aromatic carbocycles. The Bertz CT molecular complexity index is 809. The summed E-state index contributed by atoms with van der Waals surface area (Å²) in [6.45, 7) is 14.3. The van der Waals surface area contributed by atoms with Crippen LogP contribution in [0.3, 0.4) is 0 Å². The van der Waals surface area contributed by atoms with Crippen LogP contribution in [-0.2, 0) is 4.74 Å². The van der Waals surface area contributed by atoms with Crippen LogP contribution in [0.5, 0.6) is 0 Å². The maximum atomic E-state index is 12.0. The Morgan fingerprint density at radius 1 is 1.32 bits per heavy atom. The molecule has 1 saturated carbocycles. The van der Waals surface area contributed by atoms with Crippen LogP contribution in [0.2, 0.25) is 0 Å². The molecule has 0 bridgehead atoms. The van der Waals surface area contributed by atoms with E-state index < -0.39 is 11.9 Å². The van der Waals surface area contributed by atoms with Crippen LogP contribution in [0, 0.1) is 5.41 Å². The third kappa shape index (κ3) is 5.03. The molecule has 2 aromatic rings. The molecule has 2 heterocycles. The number of nitrogens with zero attached hydrogens (tertiary/aromatic N) is 2. The van der Waals surface area contributed by atoms with Crippen LogP contribution in [0.25, 0.3) is 5.52 Å². The van der Waals surface area contributed by atoms with Crippen LogP contribution in [0.4, 0.5) is 5.69 Å². The average Bonchev–Trinajstić information content (AvgIpc) is 3.30. The predicted octanol–water partition coefficient (Wildman–Crippen LogP) is 4.26. The summed E-state index contributed by atoms with van der Waals surface area (Å²) in [5, 5.41) is 7.59. The molecule has 2 aromatic heterocycles. The van der Waals surface area contributed by atoms with Crippen LogP contribution >= 0.6 is 0 Å². The van der Waals surface area contributed by atoms with E-state index in [2.05, 4.69) is 24.3 Å². The van der Waals surface area contributed by atoms with Gasteiger partial charge in [-0.3, -0.25) is 4.79 Å². The van der Waals surface area contributed by atoms with Gasteiger partial charge in [0.15, 0.2) is 0 Å². The molecule has 3 N–H and O–H groups in total. The zero-order chi connectivity index (χ0) is 21.5. The van der Waals surface area contributed by atoms with Gasteiger partial charge in [0.05, 0.1) is 35.1 Å². The summed E-state index contributed by atoms with van der Waals surface area (Å²) in [6, 6.07) is 1.84. The van der Waals surface area contributed by atoms with Crippen molar-refractivity contribution in [2.75, 3.05) is 11.9 Å². The van der Waals surface area contributed by atoms with Crippen molar-refractivity contribution in [1.82, 2.24) is 9.61 Å². The lowest BCUT2D eigenvalue weighted by molar-refractivity contribution is 0.0526. The van der Waals surface area contributed by atoms with E-state index >= 15 is 0 Å². The van der Waals surface area contributed by atoms with Crippen molar-refractivity contribution in [3.8, 4) is 0 Å². The second-order valence-electron chi connectivity index (χ2n) is 6.60. The maximum Gasteiger partial charge on any atom is 0.339 e. The Hall–Kier alpha value is -2.57. The Balaban J connectivity index is 0.000000921. The van der Waals surface area contributed by atoms with E-state index in [1.165, 1.54) is 6.20 Å². The largest absolute Gasteiger partial charge is 0.462 e. The van der Waals surface area contributed by atoms with Crippen LogP contribution in [0.1, 0.15) is 82.0 Å². The molecular weight excluding hydrogens is 356 g/mol. The molecule has 1 aliphatic rings. The lowest BCUT2D eigenvalue weighted by Gasteiger charge is -2.23. The fourth-order valence-corrected chi connectivity index (χ4v) is 2.74. The number of aromatic nitrogens is 2. The third-order valence-electron chi connectivity index (χ3n) is 4.86. The van der Waals surface area contributed by atoms with E-state index in [1.807, 2.05) is 27.7 Å². The molecule has 28 heavy (non-hydrogen) atoms. The lowest BCUT2D eigenvalue weighted by Crippen LogP contribution is -2.27. The highest BCUT2D eigenvalue weighted by molar-refractivity contribution is 6.03. The van der Waals surface area contributed by atoms with Gasteiger partial charge in [-0.25, -0.2) is 9.31 Å². The first-order valence-electron chi connectivity index (χ1n) is 10.1. The number of fused-ring (bicyclic) bond motifs is 1. The van der Waals surface area contributed by atoms with Gasteiger partial charge in [0.25, 0.3) is 5.91 Å². The molecule has 0 unspecified atom stereocenters. The summed E-state index contributed by atoms with van der Waals surface area (Å²) in [7, 11) is 0. The van der Waals surface area contributed by atoms with Crippen LogP contribution in [0.15, 0.2) is 18.5 Å². The van der Waals surface area contributed by atoms with Crippen molar-refractivity contribution >= 4 is 23.1 Å². The molecule has 1 aliphatic carbocycles. The number of carbonyl (C=O) groups is 2. The first-order chi connectivity index (χ1) is 13.4. The van der Waals surface area contributed by atoms with Gasteiger partial charge in [0.1, 0.15) is 0 Å². The van der Waals surface area contributed by atoms with Crippen molar-refractivity contribution in [3.05, 3.63) is 29.6 Å². The molecule has 7 heteroatoms. The Labute approximate surface area is 167 Å². The minimum absolute atomic E-state index is 0.169. The van der Waals surface area contributed by atoms with Gasteiger partial charge in [-0.05, 0) is 38.2 Å². The summed E-state index contributed by atoms with van der Waals surface area (Å²) in [6.07, 6.45) is 5.30. The standard InChI is InChI=1S/C17H22N4O3.2C2H6/c1-4-24-16(23)11-7-13-14(20-10(2)17(3)5-6-17)12(15(18)22)8-19-21(13)9-11;2*1-2/h7-10,20H,4-6H2,1-3H3,(H2,18,22);2*1-2H3/t10-;;/m1../s1. The summed E-state index contributed by atoms with van der Waals surface area (Å²) >= 11 is 0. The smallest absolute Gasteiger partial charge is 0.339 e. The van der Waals surface area contributed by atoms with E-state index in [0.717, 1.165) is 12.8 Å². The van der Waals surface area contributed by atoms with Gasteiger partial charge >= 0.3 is 5.97 Å². The number of ether oxygens (including phenoxy) is 1. The van der Waals surface area contributed by atoms with E-state index in [9.17, 15) is 9.59 Å². The predicted molar refractivity (Wildman–Crippen MR) is 113 cm³/mol. The molecule has 1 atom stereocenters. The molecule has 156 valence electrons. The monoisotopic (exact) mass is 390 g/mol. The zero-order valence-electron chi connectivity index (χ0n) is 18.1. The number of rotatable bonds is 6. The van der Waals surface area contributed by atoms with E-state index in [0.29, 0.717) is 28.9 Å². The quantitative estimate of drug-likeness (QED) is 0.718. The van der Waals surface area contributed by atoms with Crippen molar-refractivity contribution in [3.63, 3.8) is 0 Å². The highest BCUT2D eigenvalue weighted by Crippen LogP contribution is 2.49. The molecule has 1 fully saturated rings. The van der Waals surface area contributed by atoms with Gasteiger partial charge < -0.3 is 15.8 Å². The van der Waals surface area contributed by atoms with E-state index in [-0.39, 0.29) is 11.5 Å². The highest BCUT2D eigenvalue weighted by Gasteiger charge is 2.43. The molecule has 0 aliphatic heterocycles. The Morgan fingerprint density at radius 2 is 1.93 bits per heavy atom.